The molecule has 1 aromatic heterocycles. The average Bonchev–Trinajstić information content (AvgIpc) is 2.70. The average molecular weight is 300 g/mol. The van der Waals surface area contributed by atoms with E-state index in [-0.39, 0.29) is 11.7 Å². The molecule has 0 aliphatic heterocycles. The molecule has 2 N–H and O–H groups in total. The van der Waals surface area contributed by atoms with Crippen molar-refractivity contribution in [3.63, 3.8) is 0 Å². The van der Waals surface area contributed by atoms with Crippen LogP contribution in [0.5, 0.6) is 0 Å². The van der Waals surface area contributed by atoms with Crippen molar-refractivity contribution in [1.82, 2.24) is 10.1 Å². The van der Waals surface area contributed by atoms with Gasteiger partial charge in [0.2, 0.25) is 0 Å². The monoisotopic (exact) mass is 299 g/mol. The molecule has 2 aromatic rings. The maximum Gasteiger partial charge on any atom is 0.259 e. The van der Waals surface area contributed by atoms with Crippen LogP contribution >= 0.6 is 15.9 Å². The first-order chi connectivity index (χ1) is 7.88. The highest BCUT2D eigenvalue weighted by atomic mass is 79.9. The second kappa shape index (κ2) is 4.19. The van der Waals surface area contributed by atoms with Crippen LogP contribution in [-0.2, 0) is 5.54 Å². The number of nitrogens with two attached hydrogens (primary N) is 1. The number of rotatable bonds is 2. The van der Waals surface area contributed by atoms with Crippen LogP contribution in [0.1, 0.15) is 19.7 Å². The molecule has 0 fully saturated rings. The number of hydrogen-bond acceptors (Lipinski definition) is 4. The summed E-state index contributed by atoms with van der Waals surface area (Å²) in [5.74, 6) is 0.253. The molecule has 6 heteroatoms. The van der Waals surface area contributed by atoms with Gasteiger partial charge in [0.15, 0.2) is 5.82 Å². The molecule has 0 amide bonds. The highest BCUT2D eigenvalue weighted by Gasteiger charge is 2.22. The largest absolute Gasteiger partial charge is 0.334 e. The Kier molecular flexibility index (Phi) is 3.01. The van der Waals surface area contributed by atoms with E-state index in [1.165, 1.54) is 12.1 Å². The molecule has 0 saturated heterocycles. The molecule has 1 heterocycles. The number of hydrogen-bond donors (Lipinski definition) is 1. The summed E-state index contributed by atoms with van der Waals surface area (Å²) < 4.78 is 18.9. The number of aromatic nitrogens is 2. The maximum absolute atomic E-state index is 13.1. The summed E-state index contributed by atoms with van der Waals surface area (Å²) >= 11 is 3.30. The zero-order valence-corrected chi connectivity index (χ0v) is 11.0. The summed E-state index contributed by atoms with van der Waals surface area (Å²) in [4.78, 5) is 4.15. The molecule has 90 valence electrons. The van der Waals surface area contributed by atoms with Crippen LogP contribution in [0.25, 0.3) is 11.5 Å². The number of halogens is 2. The summed E-state index contributed by atoms with van der Waals surface area (Å²) in [5.41, 5.74) is 5.66. The lowest BCUT2D eigenvalue weighted by atomic mass is 10.1. The summed E-state index contributed by atoms with van der Waals surface area (Å²) in [6.07, 6.45) is 0. The minimum Gasteiger partial charge on any atom is -0.334 e. The predicted octanol–water partition coefficient (Wildman–Crippen LogP) is 2.83. The summed E-state index contributed by atoms with van der Waals surface area (Å²) in [5, 5.41) is 3.78. The van der Waals surface area contributed by atoms with E-state index < -0.39 is 5.54 Å². The van der Waals surface area contributed by atoms with Gasteiger partial charge >= 0.3 is 0 Å². The van der Waals surface area contributed by atoms with Crippen LogP contribution in [0, 0.1) is 5.82 Å². The highest BCUT2D eigenvalue weighted by molar-refractivity contribution is 9.10. The van der Waals surface area contributed by atoms with Crippen LogP contribution in [0.15, 0.2) is 27.2 Å². The van der Waals surface area contributed by atoms with Gasteiger partial charge in [-0.05, 0) is 48.0 Å². The van der Waals surface area contributed by atoms with E-state index in [4.69, 9.17) is 10.3 Å². The first kappa shape index (κ1) is 12.2. The van der Waals surface area contributed by atoms with Crippen LogP contribution in [-0.4, -0.2) is 10.1 Å². The molecule has 0 radical (unpaired) electrons. The Morgan fingerprint density at radius 2 is 2.12 bits per heavy atom. The Bertz CT molecular complexity index is 548. The standard InChI is InChI=1S/C11H11BrFN3O/c1-11(2,14)10-15-9(17-16-10)7-5-6(13)3-4-8(7)12/h3-5H,14H2,1-2H3. The van der Waals surface area contributed by atoms with Crippen molar-refractivity contribution in [3.8, 4) is 11.5 Å². The van der Waals surface area contributed by atoms with Crippen LogP contribution in [0.4, 0.5) is 4.39 Å². The number of benzene rings is 1. The maximum atomic E-state index is 13.1. The zero-order valence-electron chi connectivity index (χ0n) is 9.37. The van der Waals surface area contributed by atoms with Gasteiger partial charge in [-0.15, -0.1) is 0 Å². The fourth-order valence-corrected chi connectivity index (χ4v) is 1.67. The number of nitrogens with zero attached hydrogens (tertiary/aromatic N) is 2. The Labute approximate surface area is 106 Å². The SMILES string of the molecule is CC(C)(N)c1noc(-c2cc(F)ccc2Br)n1. The van der Waals surface area contributed by atoms with Gasteiger partial charge in [0.05, 0.1) is 11.1 Å². The fourth-order valence-electron chi connectivity index (χ4n) is 1.26. The fraction of sp³-hybridized carbons (Fsp3) is 0.273. The Morgan fingerprint density at radius 3 is 2.71 bits per heavy atom. The molecular weight excluding hydrogens is 289 g/mol. The minimum absolute atomic E-state index is 0.241. The molecule has 2 rings (SSSR count). The molecule has 0 saturated carbocycles. The van der Waals surface area contributed by atoms with Gasteiger partial charge in [-0.25, -0.2) is 4.39 Å². The molecule has 0 atom stereocenters. The van der Waals surface area contributed by atoms with Crippen molar-refractivity contribution in [2.24, 2.45) is 5.73 Å². The van der Waals surface area contributed by atoms with E-state index in [1.807, 2.05) is 0 Å². The van der Waals surface area contributed by atoms with Crippen molar-refractivity contribution in [2.45, 2.75) is 19.4 Å². The second-order valence-electron chi connectivity index (χ2n) is 4.27. The first-order valence-corrected chi connectivity index (χ1v) is 5.76. The van der Waals surface area contributed by atoms with Crippen LogP contribution in [0.2, 0.25) is 0 Å². The van der Waals surface area contributed by atoms with Gasteiger partial charge in [-0.1, -0.05) is 5.16 Å². The summed E-state index contributed by atoms with van der Waals surface area (Å²) in [6, 6.07) is 4.25. The lowest BCUT2D eigenvalue weighted by Crippen LogP contribution is -2.30. The highest BCUT2D eigenvalue weighted by Crippen LogP contribution is 2.28. The quantitative estimate of drug-likeness (QED) is 0.926. The zero-order chi connectivity index (χ0) is 12.6. The van der Waals surface area contributed by atoms with Crippen LogP contribution < -0.4 is 5.73 Å². The third-order valence-corrected chi connectivity index (χ3v) is 2.85. The van der Waals surface area contributed by atoms with E-state index in [0.29, 0.717) is 15.9 Å². The molecule has 17 heavy (non-hydrogen) atoms. The van der Waals surface area contributed by atoms with Gasteiger partial charge in [0.1, 0.15) is 5.82 Å². The van der Waals surface area contributed by atoms with Crippen molar-refractivity contribution in [3.05, 3.63) is 34.3 Å². The van der Waals surface area contributed by atoms with E-state index in [2.05, 4.69) is 26.1 Å². The normalized spacial score (nSPS) is 11.8. The van der Waals surface area contributed by atoms with E-state index >= 15 is 0 Å². The second-order valence-corrected chi connectivity index (χ2v) is 5.12. The van der Waals surface area contributed by atoms with Crippen molar-refractivity contribution >= 4 is 15.9 Å². The molecule has 0 spiro atoms. The Morgan fingerprint density at radius 1 is 1.41 bits per heavy atom. The van der Waals surface area contributed by atoms with Gasteiger partial charge in [-0.2, -0.15) is 4.98 Å². The first-order valence-electron chi connectivity index (χ1n) is 4.96. The molecule has 4 nitrogen and oxygen atoms in total. The van der Waals surface area contributed by atoms with E-state index in [9.17, 15) is 4.39 Å². The summed E-state index contributed by atoms with van der Waals surface area (Å²) in [6.45, 7) is 3.53. The smallest absolute Gasteiger partial charge is 0.259 e. The Balaban J connectivity index is 2.47. The van der Waals surface area contributed by atoms with Crippen molar-refractivity contribution < 1.29 is 8.91 Å². The molecule has 0 bridgehead atoms. The third kappa shape index (κ3) is 2.53. The Hall–Kier alpha value is -1.27. The van der Waals surface area contributed by atoms with Crippen LogP contribution in [0.3, 0.4) is 0 Å². The van der Waals surface area contributed by atoms with Gasteiger partial charge in [0.25, 0.3) is 5.89 Å². The summed E-state index contributed by atoms with van der Waals surface area (Å²) in [7, 11) is 0. The molecule has 1 aromatic carbocycles. The lowest BCUT2D eigenvalue weighted by molar-refractivity contribution is 0.397. The van der Waals surface area contributed by atoms with Gasteiger partial charge < -0.3 is 10.3 Å². The van der Waals surface area contributed by atoms with E-state index in [0.717, 1.165) is 0 Å². The van der Waals surface area contributed by atoms with Gasteiger partial charge in [0, 0.05) is 4.47 Å². The van der Waals surface area contributed by atoms with Crippen molar-refractivity contribution in [2.75, 3.05) is 0 Å². The molecule has 0 aliphatic carbocycles. The van der Waals surface area contributed by atoms with Gasteiger partial charge in [-0.3, -0.25) is 0 Å². The minimum atomic E-state index is -0.693. The molecule has 0 aliphatic rings. The lowest BCUT2D eigenvalue weighted by Gasteiger charge is -2.11. The van der Waals surface area contributed by atoms with Crippen molar-refractivity contribution in [1.29, 1.82) is 0 Å². The molecular formula is C11H11BrFN3O. The predicted molar refractivity (Wildman–Crippen MR) is 64.6 cm³/mol. The molecule has 0 unspecified atom stereocenters. The van der Waals surface area contributed by atoms with E-state index in [1.54, 1.807) is 19.9 Å². The third-order valence-electron chi connectivity index (χ3n) is 2.16. The topological polar surface area (TPSA) is 64.9 Å².